The number of benzene rings is 2. The fourth-order valence-electron chi connectivity index (χ4n) is 3.79. The van der Waals surface area contributed by atoms with E-state index in [0.29, 0.717) is 22.9 Å². The molecular weight excluding hydrogens is 392 g/mol. The zero-order valence-electron chi connectivity index (χ0n) is 17.7. The Morgan fingerprint density at radius 2 is 1.97 bits per heavy atom. The Bertz CT molecular complexity index is 1180. The van der Waals surface area contributed by atoms with E-state index >= 15 is 0 Å². The summed E-state index contributed by atoms with van der Waals surface area (Å²) in [5, 5.41) is 9.75. The van der Waals surface area contributed by atoms with Crippen LogP contribution in [0.15, 0.2) is 42.5 Å². The van der Waals surface area contributed by atoms with Gasteiger partial charge in [-0.2, -0.15) is 5.26 Å². The van der Waals surface area contributed by atoms with E-state index in [9.17, 15) is 10.1 Å². The smallest absolute Gasteiger partial charge is 0.260 e. The van der Waals surface area contributed by atoms with E-state index in [0.717, 1.165) is 42.5 Å². The van der Waals surface area contributed by atoms with Gasteiger partial charge >= 0.3 is 0 Å². The highest BCUT2D eigenvalue weighted by atomic mass is 16.5. The first-order valence-corrected chi connectivity index (χ1v) is 10.2. The van der Waals surface area contributed by atoms with Crippen LogP contribution in [0.2, 0.25) is 0 Å². The fourth-order valence-corrected chi connectivity index (χ4v) is 3.79. The lowest BCUT2D eigenvalue weighted by Crippen LogP contribution is -2.32. The van der Waals surface area contributed by atoms with Gasteiger partial charge in [0, 0.05) is 20.1 Å². The van der Waals surface area contributed by atoms with E-state index in [-0.39, 0.29) is 12.5 Å². The number of hydrogen-bond acceptors (Lipinski definition) is 5. The quantitative estimate of drug-likeness (QED) is 0.573. The molecule has 7 heteroatoms. The average Bonchev–Trinajstić information content (AvgIpc) is 3.45. The number of imidazole rings is 1. The topological polar surface area (TPSA) is 80.4 Å². The fraction of sp³-hybridized carbons (Fsp3) is 0.292. The van der Waals surface area contributed by atoms with Crippen molar-refractivity contribution >= 4 is 28.6 Å². The first-order chi connectivity index (χ1) is 15.1. The Balaban J connectivity index is 1.57. The monoisotopic (exact) mass is 416 g/mol. The Hall–Kier alpha value is -3.79. The summed E-state index contributed by atoms with van der Waals surface area (Å²) in [5.74, 6) is 1.58. The number of amides is 1. The summed E-state index contributed by atoms with van der Waals surface area (Å²) in [5.41, 5.74) is 3.02. The summed E-state index contributed by atoms with van der Waals surface area (Å²) in [4.78, 5) is 18.7. The van der Waals surface area contributed by atoms with Gasteiger partial charge in [-0.25, -0.2) is 4.98 Å². The molecule has 3 aromatic rings. The van der Waals surface area contributed by atoms with Gasteiger partial charge in [-0.1, -0.05) is 18.2 Å². The first-order valence-electron chi connectivity index (χ1n) is 10.2. The van der Waals surface area contributed by atoms with Crippen molar-refractivity contribution in [3.63, 3.8) is 0 Å². The molecule has 1 fully saturated rings. The summed E-state index contributed by atoms with van der Waals surface area (Å²) in [6, 6.07) is 15.4. The minimum atomic E-state index is -0.0190. The van der Waals surface area contributed by atoms with Gasteiger partial charge in [0.2, 0.25) is 0 Å². The molecule has 2 heterocycles. The van der Waals surface area contributed by atoms with Crippen LogP contribution in [0.3, 0.4) is 0 Å². The highest BCUT2D eigenvalue weighted by Crippen LogP contribution is 2.30. The maximum Gasteiger partial charge on any atom is 0.260 e. The number of nitrogens with zero attached hydrogens (tertiary/aromatic N) is 4. The first kappa shape index (κ1) is 20.5. The third-order valence-electron chi connectivity index (χ3n) is 5.46. The molecule has 2 aromatic carbocycles. The Morgan fingerprint density at radius 3 is 2.68 bits per heavy atom. The second-order valence-corrected chi connectivity index (χ2v) is 7.44. The number of rotatable bonds is 6. The highest BCUT2D eigenvalue weighted by molar-refractivity contribution is 5.91. The van der Waals surface area contributed by atoms with Gasteiger partial charge in [-0.05, 0) is 48.7 Å². The molecule has 1 aromatic heterocycles. The molecule has 1 saturated heterocycles. The van der Waals surface area contributed by atoms with Crippen LogP contribution in [-0.2, 0) is 11.8 Å². The Labute approximate surface area is 181 Å². The normalized spacial score (nSPS) is 14.0. The van der Waals surface area contributed by atoms with Gasteiger partial charge in [0.25, 0.3) is 5.91 Å². The largest absolute Gasteiger partial charge is 0.493 e. The maximum absolute atomic E-state index is 12.2. The van der Waals surface area contributed by atoms with E-state index in [4.69, 9.17) is 9.47 Å². The predicted octanol–water partition coefficient (Wildman–Crippen LogP) is 3.65. The maximum atomic E-state index is 12.2. The lowest BCUT2D eigenvalue weighted by atomic mass is 10.1. The SMILES string of the molecule is COc1cc(/C=C(\C#N)c2nc3ccccc3n2C)ccc1OCC(=O)N1CCCC1. The average molecular weight is 416 g/mol. The lowest BCUT2D eigenvalue weighted by Gasteiger charge is -2.16. The molecule has 0 saturated carbocycles. The van der Waals surface area contributed by atoms with Crippen LogP contribution in [0.5, 0.6) is 11.5 Å². The molecule has 0 N–H and O–H groups in total. The summed E-state index contributed by atoms with van der Waals surface area (Å²) in [6.45, 7) is 1.57. The highest BCUT2D eigenvalue weighted by Gasteiger charge is 2.19. The number of methoxy groups -OCH3 is 1. The molecule has 0 unspecified atom stereocenters. The van der Waals surface area contributed by atoms with Crippen molar-refractivity contribution in [2.24, 2.45) is 7.05 Å². The molecule has 158 valence electrons. The molecular formula is C24H24N4O3. The van der Waals surface area contributed by atoms with Crippen molar-refractivity contribution < 1.29 is 14.3 Å². The molecule has 0 atom stereocenters. The van der Waals surface area contributed by atoms with Gasteiger partial charge in [0.15, 0.2) is 23.9 Å². The number of hydrogen-bond donors (Lipinski definition) is 0. The minimum absolute atomic E-state index is 0.0165. The van der Waals surface area contributed by atoms with Crippen molar-refractivity contribution in [1.82, 2.24) is 14.5 Å². The lowest BCUT2D eigenvalue weighted by molar-refractivity contribution is -0.132. The number of likely N-dealkylation sites (tertiary alicyclic amines) is 1. The third-order valence-corrected chi connectivity index (χ3v) is 5.46. The molecule has 0 bridgehead atoms. The zero-order chi connectivity index (χ0) is 21.8. The van der Waals surface area contributed by atoms with Crippen LogP contribution in [-0.4, -0.2) is 47.2 Å². The molecule has 1 amide bonds. The van der Waals surface area contributed by atoms with Crippen LogP contribution in [0, 0.1) is 11.3 Å². The number of para-hydroxylation sites is 2. The third kappa shape index (κ3) is 4.24. The van der Waals surface area contributed by atoms with E-state index in [1.807, 2.05) is 46.8 Å². The number of aryl methyl sites for hydroxylation is 1. The predicted molar refractivity (Wildman–Crippen MR) is 119 cm³/mol. The van der Waals surface area contributed by atoms with Crippen molar-refractivity contribution in [3.05, 3.63) is 53.9 Å². The minimum Gasteiger partial charge on any atom is -0.493 e. The van der Waals surface area contributed by atoms with Gasteiger partial charge < -0.3 is 18.9 Å². The molecule has 7 nitrogen and oxygen atoms in total. The summed E-state index contributed by atoms with van der Waals surface area (Å²) < 4.78 is 13.1. The summed E-state index contributed by atoms with van der Waals surface area (Å²) in [6.07, 6.45) is 3.86. The number of ether oxygens (including phenoxy) is 2. The summed E-state index contributed by atoms with van der Waals surface area (Å²) >= 11 is 0. The molecule has 31 heavy (non-hydrogen) atoms. The molecule has 0 aliphatic carbocycles. The van der Waals surface area contributed by atoms with Crippen LogP contribution in [0.25, 0.3) is 22.7 Å². The number of carbonyl (C=O) groups is 1. The Morgan fingerprint density at radius 1 is 1.19 bits per heavy atom. The number of fused-ring (bicyclic) bond motifs is 1. The van der Waals surface area contributed by atoms with Crippen molar-refractivity contribution in [3.8, 4) is 17.6 Å². The zero-order valence-corrected chi connectivity index (χ0v) is 17.7. The number of allylic oxidation sites excluding steroid dienone is 1. The van der Waals surface area contributed by atoms with Crippen molar-refractivity contribution in [2.75, 3.05) is 26.8 Å². The summed E-state index contributed by atoms with van der Waals surface area (Å²) in [7, 11) is 3.44. The number of nitriles is 1. The van der Waals surface area contributed by atoms with Gasteiger partial charge in [0.05, 0.1) is 23.7 Å². The van der Waals surface area contributed by atoms with Crippen LogP contribution >= 0.6 is 0 Å². The van der Waals surface area contributed by atoms with E-state index in [1.54, 1.807) is 25.3 Å². The molecule has 0 radical (unpaired) electrons. The standard InChI is InChI=1S/C24H24N4O3/c1-27-20-8-4-3-7-19(20)26-24(27)18(15-25)13-17-9-10-21(22(14-17)30-2)31-16-23(29)28-11-5-6-12-28/h3-4,7-10,13-14H,5-6,11-12,16H2,1-2H3/b18-13+. The molecule has 0 spiro atoms. The van der Waals surface area contributed by atoms with Gasteiger partial charge in [0.1, 0.15) is 6.07 Å². The van der Waals surface area contributed by atoms with Crippen LogP contribution in [0.1, 0.15) is 24.2 Å². The number of aromatic nitrogens is 2. The van der Waals surface area contributed by atoms with Crippen molar-refractivity contribution in [1.29, 1.82) is 5.26 Å². The second kappa shape index (κ2) is 8.92. The molecule has 4 rings (SSSR count). The van der Waals surface area contributed by atoms with E-state index < -0.39 is 0 Å². The van der Waals surface area contributed by atoms with Crippen LogP contribution in [0.4, 0.5) is 0 Å². The second-order valence-electron chi connectivity index (χ2n) is 7.44. The van der Waals surface area contributed by atoms with E-state index in [2.05, 4.69) is 11.1 Å². The molecule has 1 aliphatic heterocycles. The van der Waals surface area contributed by atoms with E-state index in [1.165, 1.54) is 0 Å². The van der Waals surface area contributed by atoms with Crippen LogP contribution < -0.4 is 9.47 Å². The van der Waals surface area contributed by atoms with Gasteiger partial charge in [-0.15, -0.1) is 0 Å². The molecule has 1 aliphatic rings. The van der Waals surface area contributed by atoms with Crippen molar-refractivity contribution in [2.45, 2.75) is 12.8 Å². The number of carbonyl (C=O) groups excluding carboxylic acids is 1. The Kier molecular flexibility index (Phi) is 5.89. The van der Waals surface area contributed by atoms with Gasteiger partial charge in [-0.3, -0.25) is 4.79 Å².